The van der Waals surface area contributed by atoms with Gasteiger partial charge >= 0.3 is 0 Å². The summed E-state index contributed by atoms with van der Waals surface area (Å²) < 4.78 is 0. The van der Waals surface area contributed by atoms with Gasteiger partial charge in [-0.25, -0.2) is 0 Å². The van der Waals surface area contributed by atoms with Crippen LogP contribution in [-0.4, -0.2) is 27.0 Å². The van der Waals surface area contributed by atoms with Gasteiger partial charge in [0.05, 0.1) is 5.57 Å². The molecule has 118 valence electrons. The Morgan fingerprint density at radius 3 is 2.70 bits per heavy atom. The molecule has 1 amide bonds. The number of nitrogens with zero attached hydrogens (tertiary/aromatic N) is 3. The van der Waals surface area contributed by atoms with Gasteiger partial charge in [0.25, 0.3) is 5.91 Å². The molecule has 0 aromatic heterocycles. The normalized spacial score (nSPS) is 19.3. The highest BCUT2D eigenvalue weighted by molar-refractivity contribution is 8.26. The van der Waals surface area contributed by atoms with Crippen LogP contribution in [0.5, 0.6) is 0 Å². The lowest BCUT2D eigenvalue weighted by atomic mass is 10.1. The number of rotatable bonds is 3. The Morgan fingerprint density at radius 2 is 2.04 bits per heavy atom. The van der Waals surface area contributed by atoms with Gasteiger partial charge in [0, 0.05) is 11.4 Å². The van der Waals surface area contributed by atoms with Gasteiger partial charge in [-0.05, 0) is 41.5 Å². The molecule has 0 saturated carbocycles. The van der Waals surface area contributed by atoms with E-state index in [9.17, 15) is 4.79 Å². The summed E-state index contributed by atoms with van der Waals surface area (Å²) in [5.41, 5.74) is 1.02. The van der Waals surface area contributed by atoms with Crippen molar-refractivity contribution in [1.29, 1.82) is 5.41 Å². The van der Waals surface area contributed by atoms with E-state index in [1.807, 2.05) is 0 Å². The second kappa shape index (κ2) is 6.29. The fourth-order valence-electron chi connectivity index (χ4n) is 2.19. The van der Waals surface area contributed by atoms with Crippen LogP contribution in [0.1, 0.15) is 25.8 Å². The first-order chi connectivity index (χ1) is 10.9. The number of carbonyl (C=O) groups excluding carboxylic acids is 1. The lowest BCUT2D eigenvalue weighted by molar-refractivity contribution is -0.114. The van der Waals surface area contributed by atoms with Crippen LogP contribution in [-0.2, 0) is 4.79 Å². The van der Waals surface area contributed by atoms with Crippen LogP contribution >= 0.6 is 23.4 Å². The van der Waals surface area contributed by atoms with Gasteiger partial charge in [-0.3, -0.25) is 10.2 Å². The molecule has 0 saturated heterocycles. The van der Waals surface area contributed by atoms with Crippen molar-refractivity contribution in [2.75, 3.05) is 0 Å². The van der Waals surface area contributed by atoms with Crippen molar-refractivity contribution in [2.24, 2.45) is 16.0 Å². The van der Waals surface area contributed by atoms with E-state index in [4.69, 9.17) is 17.0 Å². The molecular formula is C16H15ClN4OS. The summed E-state index contributed by atoms with van der Waals surface area (Å²) in [6.07, 6.45) is 2.44. The number of nitrogens with one attached hydrogen (secondary N) is 1. The average molecular weight is 347 g/mol. The van der Waals surface area contributed by atoms with E-state index >= 15 is 0 Å². The van der Waals surface area contributed by atoms with E-state index in [0.29, 0.717) is 16.1 Å². The number of hydrogen-bond acceptors (Lipinski definition) is 4. The van der Waals surface area contributed by atoms with E-state index in [2.05, 4.69) is 23.9 Å². The van der Waals surface area contributed by atoms with Crippen LogP contribution < -0.4 is 0 Å². The Bertz CT molecular complexity index is 765. The first-order valence-electron chi connectivity index (χ1n) is 7.18. The highest BCUT2D eigenvalue weighted by atomic mass is 35.5. The lowest BCUT2D eigenvalue weighted by Crippen LogP contribution is -2.35. The van der Waals surface area contributed by atoms with Gasteiger partial charge in [-0.15, -0.1) is 0 Å². The van der Waals surface area contributed by atoms with E-state index in [0.717, 1.165) is 17.0 Å². The number of halogens is 1. The molecule has 1 aromatic rings. The third-order valence-electron chi connectivity index (χ3n) is 3.26. The summed E-state index contributed by atoms with van der Waals surface area (Å²) >= 11 is 7.22. The summed E-state index contributed by atoms with van der Waals surface area (Å²) in [5, 5.41) is 16.1. The molecular weight excluding hydrogens is 332 g/mol. The Labute approximate surface area is 143 Å². The van der Waals surface area contributed by atoms with Crippen LogP contribution in [0, 0.1) is 11.3 Å². The summed E-state index contributed by atoms with van der Waals surface area (Å²) in [7, 11) is 0. The second-order valence-electron chi connectivity index (χ2n) is 5.66. The third-order valence-corrected chi connectivity index (χ3v) is 4.44. The van der Waals surface area contributed by atoms with Crippen LogP contribution in [0.4, 0.5) is 0 Å². The fourth-order valence-corrected chi connectivity index (χ4v) is 3.41. The van der Waals surface area contributed by atoms with Crippen molar-refractivity contribution in [3.05, 3.63) is 40.4 Å². The zero-order chi connectivity index (χ0) is 16.6. The molecule has 0 atom stereocenters. The molecule has 2 heterocycles. The van der Waals surface area contributed by atoms with Gasteiger partial charge in [-0.2, -0.15) is 15.1 Å². The van der Waals surface area contributed by atoms with Gasteiger partial charge in [0.15, 0.2) is 5.84 Å². The number of amidine groups is 2. The summed E-state index contributed by atoms with van der Waals surface area (Å²) in [6, 6.07) is 7.07. The number of benzene rings is 1. The number of hydrazone groups is 1. The Kier molecular flexibility index (Phi) is 4.37. The predicted molar refractivity (Wildman–Crippen MR) is 95.9 cm³/mol. The number of fused-ring (bicyclic) bond motifs is 1. The zero-order valence-electron chi connectivity index (χ0n) is 12.7. The average Bonchev–Trinajstić information content (AvgIpc) is 2.87. The fraction of sp³-hybridized carbons (Fsp3) is 0.250. The predicted octanol–water partition coefficient (Wildman–Crippen LogP) is 4.01. The quantitative estimate of drug-likeness (QED) is 0.841. The van der Waals surface area contributed by atoms with Gasteiger partial charge < -0.3 is 0 Å². The lowest BCUT2D eigenvalue weighted by Gasteiger charge is -2.20. The largest absolute Gasteiger partial charge is 0.283 e. The Hall–Kier alpha value is -1.92. The topological polar surface area (TPSA) is 68.9 Å². The monoisotopic (exact) mass is 346 g/mol. The molecule has 0 fully saturated rings. The minimum Gasteiger partial charge on any atom is -0.282 e. The summed E-state index contributed by atoms with van der Waals surface area (Å²) in [5.74, 6) is 0.100. The van der Waals surface area contributed by atoms with Crippen LogP contribution in [0.2, 0.25) is 5.02 Å². The maximum absolute atomic E-state index is 12.2. The molecule has 2 aliphatic rings. The van der Waals surface area contributed by atoms with Gasteiger partial charge in [0.1, 0.15) is 5.04 Å². The van der Waals surface area contributed by atoms with Crippen molar-refractivity contribution in [3.8, 4) is 0 Å². The highest BCUT2D eigenvalue weighted by Crippen LogP contribution is 2.30. The van der Waals surface area contributed by atoms with Gasteiger partial charge in [-0.1, -0.05) is 37.6 Å². The molecule has 1 N–H and O–H groups in total. The Balaban J connectivity index is 1.91. The maximum Gasteiger partial charge on any atom is 0.283 e. The van der Waals surface area contributed by atoms with Crippen LogP contribution in [0.3, 0.4) is 0 Å². The van der Waals surface area contributed by atoms with E-state index in [-0.39, 0.29) is 11.4 Å². The van der Waals surface area contributed by atoms with Crippen molar-refractivity contribution in [2.45, 2.75) is 20.3 Å². The molecule has 3 rings (SSSR count). The minimum atomic E-state index is -0.412. The van der Waals surface area contributed by atoms with Crippen molar-refractivity contribution in [3.63, 3.8) is 0 Å². The zero-order valence-corrected chi connectivity index (χ0v) is 14.3. The third kappa shape index (κ3) is 3.38. The standard InChI is InChI=1S/C16H15ClN4OS/c1-9(2)7-13-20-21-14(18)12(15(22)19-16(21)23-13)8-10-3-5-11(17)6-4-10/h3-6,8-9,18H,7H2,1-2H3/b12-8+,18-14?. The molecule has 0 spiro atoms. The molecule has 1 aromatic carbocycles. The molecule has 5 nitrogen and oxygen atoms in total. The smallest absolute Gasteiger partial charge is 0.282 e. The molecule has 0 bridgehead atoms. The number of amides is 1. The maximum atomic E-state index is 12.2. The molecule has 0 aliphatic carbocycles. The van der Waals surface area contributed by atoms with E-state index in [1.165, 1.54) is 16.8 Å². The van der Waals surface area contributed by atoms with E-state index in [1.54, 1.807) is 30.3 Å². The first-order valence-corrected chi connectivity index (χ1v) is 8.38. The summed E-state index contributed by atoms with van der Waals surface area (Å²) in [4.78, 5) is 16.3. The SMILES string of the molecule is CC(C)CC1=NN2C(=N)/C(=C\c3ccc(Cl)cc3)C(=O)N=C2S1. The summed E-state index contributed by atoms with van der Waals surface area (Å²) in [6.45, 7) is 4.20. The number of aliphatic imine (C=N–C) groups is 1. The Morgan fingerprint density at radius 1 is 1.35 bits per heavy atom. The van der Waals surface area contributed by atoms with Crippen molar-refractivity contribution in [1.82, 2.24) is 5.01 Å². The molecule has 0 radical (unpaired) electrons. The highest BCUT2D eigenvalue weighted by Gasteiger charge is 2.35. The number of hydrogen-bond donors (Lipinski definition) is 1. The van der Waals surface area contributed by atoms with Crippen LogP contribution in [0.15, 0.2) is 39.9 Å². The molecule has 0 unspecified atom stereocenters. The first kappa shape index (κ1) is 16.0. The van der Waals surface area contributed by atoms with Crippen molar-refractivity contribution < 1.29 is 4.79 Å². The molecule has 2 aliphatic heterocycles. The van der Waals surface area contributed by atoms with Crippen LogP contribution in [0.25, 0.3) is 6.08 Å². The number of thioether (sulfide) groups is 1. The second-order valence-corrected chi connectivity index (χ2v) is 7.14. The van der Waals surface area contributed by atoms with Gasteiger partial charge in [0.2, 0.25) is 5.17 Å². The molecule has 23 heavy (non-hydrogen) atoms. The minimum absolute atomic E-state index is 0.0567. The van der Waals surface area contributed by atoms with Crippen molar-refractivity contribution >= 4 is 51.4 Å². The van der Waals surface area contributed by atoms with E-state index < -0.39 is 5.91 Å². The molecule has 7 heteroatoms. The number of carbonyl (C=O) groups is 1.